The first-order valence-corrected chi connectivity index (χ1v) is 10.3. The van der Waals surface area contributed by atoms with Crippen LogP contribution in [0, 0.1) is 5.92 Å². The minimum atomic E-state index is -0.674. The molecule has 0 aliphatic carbocycles. The lowest BCUT2D eigenvalue weighted by atomic mass is 10.0. The van der Waals surface area contributed by atoms with Crippen molar-refractivity contribution in [3.63, 3.8) is 0 Å². The van der Waals surface area contributed by atoms with Gasteiger partial charge in [0.1, 0.15) is 11.4 Å². The van der Waals surface area contributed by atoms with E-state index in [1.165, 1.54) is 11.6 Å². The predicted octanol–water partition coefficient (Wildman–Crippen LogP) is 2.67. The summed E-state index contributed by atoms with van der Waals surface area (Å²) in [4.78, 5) is 38.0. The first-order chi connectivity index (χ1) is 14.8. The third kappa shape index (κ3) is 4.94. The lowest BCUT2D eigenvalue weighted by molar-refractivity contribution is 0.100. The van der Waals surface area contributed by atoms with E-state index in [0.29, 0.717) is 13.0 Å². The number of nitrogens with zero attached hydrogens (tertiary/aromatic N) is 2. The monoisotopic (exact) mass is 420 g/mol. The first-order valence-electron chi connectivity index (χ1n) is 10.3. The largest absolute Gasteiger partial charge is 0.384 e. The quantitative estimate of drug-likeness (QED) is 0.546. The standard InChI is InChI=1S/C24H28N4O3/c1-16(2)15-28-22(25)21(23(30)27(3)24(28)31)20(29)14-26-19-12-8-7-11-18(19)13-17-9-5-4-6-10-17/h4-12,16,26H,13-15,25H2,1-3H3. The van der Waals surface area contributed by atoms with Crippen molar-refractivity contribution in [2.75, 3.05) is 17.6 Å². The Morgan fingerprint density at radius 3 is 2.35 bits per heavy atom. The molecule has 7 heteroatoms. The summed E-state index contributed by atoms with van der Waals surface area (Å²) < 4.78 is 2.23. The van der Waals surface area contributed by atoms with Gasteiger partial charge in [0, 0.05) is 19.3 Å². The Bertz CT molecular complexity index is 1190. The van der Waals surface area contributed by atoms with Gasteiger partial charge in [0.05, 0.1) is 6.54 Å². The number of anilines is 2. The number of hydrogen-bond donors (Lipinski definition) is 2. The maximum Gasteiger partial charge on any atom is 0.332 e. The van der Waals surface area contributed by atoms with Gasteiger partial charge in [0.25, 0.3) is 5.56 Å². The van der Waals surface area contributed by atoms with E-state index >= 15 is 0 Å². The number of aromatic nitrogens is 2. The number of carbonyl (C=O) groups is 1. The molecule has 31 heavy (non-hydrogen) atoms. The lowest BCUT2D eigenvalue weighted by Gasteiger charge is -2.17. The molecule has 0 unspecified atom stereocenters. The number of ketones is 1. The highest BCUT2D eigenvalue weighted by molar-refractivity contribution is 6.02. The highest BCUT2D eigenvalue weighted by atomic mass is 16.2. The van der Waals surface area contributed by atoms with Crippen LogP contribution in [-0.4, -0.2) is 21.5 Å². The zero-order valence-corrected chi connectivity index (χ0v) is 18.1. The number of para-hydroxylation sites is 1. The van der Waals surface area contributed by atoms with Crippen LogP contribution in [0.2, 0.25) is 0 Å². The highest BCUT2D eigenvalue weighted by Gasteiger charge is 2.22. The fourth-order valence-electron chi connectivity index (χ4n) is 3.51. The van der Waals surface area contributed by atoms with Gasteiger partial charge in [0.2, 0.25) is 0 Å². The summed E-state index contributed by atoms with van der Waals surface area (Å²) in [6.45, 7) is 4.09. The lowest BCUT2D eigenvalue weighted by Crippen LogP contribution is -2.43. The molecular formula is C24H28N4O3. The Kier molecular flexibility index (Phi) is 6.74. The zero-order valence-electron chi connectivity index (χ0n) is 18.1. The number of nitrogen functional groups attached to an aromatic ring is 1. The van der Waals surface area contributed by atoms with Crippen LogP contribution in [0.1, 0.15) is 35.3 Å². The minimum absolute atomic E-state index is 0.0776. The van der Waals surface area contributed by atoms with E-state index in [9.17, 15) is 14.4 Å². The van der Waals surface area contributed by atoms with E-state index in [0.717, 1.165) is 21.4 Å². The molecule has 0 aliphatic rings. The van der Waals surface area contributed by atoms with Crippen molar-refractivity contribution in [2.45, 2.75) is 26.8 Å². The zero-order chi connectivity index (χ0) is 22.5. The average molecular weight is 421 g/mol. The summed E-state index contributed by atoms with van der Waals surface area (Å²) in [5.74, 6) is -0.403. The fourth-order valence-corrected chi connectivity index (χ4v) is 3.51. The van der Waals surface area contributed by atoms with Crippen LogP contribution >= 0.6 is 0 Å². The molecule has 0 radical (unpaired) electrons. The summed E-state index contributed by atoms with van der Waals surface area (Å²) in [6.07, 6.45) is 0.710. The van der Waals surface area contributed by atoms with Crippen molar-refractivity contribution in [2.24, 2.45) is 13.0 Å². The number of nitrogens with one attached hydrogen (secondary N) is 1. The van der Waals surface area contributed by atoms with Crippen molar-refractivity contribution >= 4 is 17.3 Å². The molecule has 1 aromatic heterocycles. The van der Waals surface area contributed by atoms with Crippen LogP contribution in [0.15, 0.2) is 64.2 Å². The summed E-state index contributed by atoms with van der Waals surface area (Å²) in [6, 6.07) is 17.8. The van der Waals surface area contributed by atoms with Gasteiger partial charge in [-0.1, -0.05) is 62.4 Å². The number of rotatable bonds is 8. The Labute approximate surface area is 181 Å². The second-order valence-electron chi connectivity index (χ2n) is 8.01. The molecule has 0 spiro atoms. The molecule has 0 saturated heterocycles. The molecule has 0 bridgehead atoms. The van der Waals surface area contributed by atoms with Crippen LogP contribution in [-0.2, 0) is 20.0 Å². The van der Waals surface area contributed by atoms with Crippen LogP contribution in [0.4, 0.5) is 11.5 Å². The third-order valence-electron chi connectivity index (χ3n) is 5.10. The van der Waals surface area contributed by atoms with Crippen LogP contribution in [0.5, 0.6) is 0 Å². The molecule has 0 atom stereocenters. The van der Waals surface area contributed by atoms with E-state index in [1.54, 1.807) is 0 Å². The van der Waals surface area contributed by atoms with Gasteiger partial charge < -0.3 is 11.1 Å². The number of nitrogens with two attached hydrogens (primary N) is 1. The summed E-state index contributed by atoms with van der Waals surface area (Å²) in [5.41, 5.74) is 7.75. The van der Waals surface area contributed by atoms with Crippen molar-refractivity contribution in [1.82, 2.24) is 9.13 Å². The Morgan fingerprint density at radius 1 is 1.03 bits per heavy atom. The van der Waals surface area contributed by atoms with Crippen molar-refractivity contribution < 1.29 is 4.79 Å². The molecule has 0 saturated carbocycles. The van der Waals surface area contributed by atoms with Gasteiger partial charge in [-0.05, 0) is 29.5 Å². The van der Waals surface area contributed by atoms with Crippen LogP contribution < -0.4 is 22.3 Å². The Morgan fingerprint density at radius 2 is 1.68 bits per heavy atom. The first kappa shape index (κ1) is 22.1. The molecule has 1 heterocycles. The van der Waals surface area contributed by atoms with Crippen LogP contribution in [0.3, 0.4) is 0 Å². The normalized spacial score (nSPS) is 11.0. The van der Waals surface area contributed by atoms with Gasteiger partial charge in [-0.25, -0.2) is 4.79 Å². The summed E-state index contributed by atoms with van der Waals surface area (Å²) in [7, 11) is 1.36. The van der Waals surface area contributed by atoms with Gasteiger partial charge in [0.15, 0.2) is 5.78 Å². The maximum atomic E-state index is 13.0. The molecule has 162 valence electrons. The molecule has 3 N–H and O–H groups in total. The SMILES string of the molecule is CC(C)Cn1c(N)c(C(=O)CNc2ccccc2Cc2ccccc2)c(=O)n(C)c1=O. The van der Waals surface area contributed by atoms with Gasteiger partial charge in [-0.2, -0.15) is 0 Å². The average Bonchev–Trinajstić information content (AvgIpc) is 2.75. The van der Waals surface area contributed by atoms with Gasteiger partial charge in [-0.15, -0.1) is 0 Å². The molecular weight excluding hydrogens is 392 g/mol. The van der Waals surface area contributed by atoms with E-state index < -0.39 is 17.0 Å². The third-order valence-corrected chi connectivity index (χ3v) is 5.10. The van der Waals surface area contributed by atoms with E-state index in [2.05, 4.69) is 5.32 Å². The number of benzene rings is 2. The number of carbonyl (C=O) groups excluding carboxylic acids is 1. The smallest absolute Gasteiger partial charge is 0.332 e. The summed E-state index contributed by atoms with van der Waals surface area (Å²) >= 11 is 0. The maximum absolute atomic E-state index is 13.0. The Balaban J connectivity index is 1.86. The van der Waals surface area contributed by atoms with Gasteiger partial charge in [-0.3, -0.25) is 18.7 Å². The molecule has 0 fully saturated rings. The van der Waals surface area contributed by atoms with Gasteiger partial charge >= 0.3 is 5.69 Å². The van der Waals surface area contributed by atoms with E-state index in [4.69, 9.17) is 5.73 Å². The second-order valence-corrected chi connectivity index (χ2v) is 8.01. The second kappa shape index (κ2) is 9.47. The molecule has 3 aromatic rings. The molecule has 3 rings (SSSR count). The molecule has 0 aliphatic heterocycles. The van der Waals surface area contributed by atoms with Crippen molar-refractivity contribution in [3.05, 3.63) is 92.1 Å². The number of hydrogen-bond acceptors (Lipinski definition) is 5. The molecule has 2 aromatic carbocycles. The van der Waals surface area contributed by atoms with Crippen molar-refractivity contribution in [1.29, 1.82) is 0 Å². The van der Waals surface area contributed by atoms with Crippen LogP contribution in [0.25, 0.3) is 0 Å². The minimum Gasteiger partial charge on any atom is -0.384 e. The van der Waals surface area contributed by atoms with E-state index in [-0.39, 0.29) is 23.8 Å². The fraction of sp³-hybridized carbons (Fsp3) is 0.292. The molecule has 0 amide bonds. The summed E-state index contributed by atoms with van der Waals surface area (Å²) in [5, 5.41) is 3.14. The van der Waals surface area contributed by atoms with Crippen molar-refractivity contribution in [3.8, 4) is 0 Å². The van der Waals surface area contributed by atoms with E-state index in [1.807, 2.05) is 68.4 Å². The highest BCUT2D eigenvalue weighted by Crippen LogP contribution is 2.19. The Hall–Kier alpha value is -3.61. The number of Topliss-reactive ketones (excluding diaryl/α,β-unsaturated/α-hetero) is 1. The predicted molar refractivity (Wildman–Crippen MR) is 124 cm³/mol. The topological polar surface area (TPSA) is 99.1 Å². The molecule has 7 nitrogen and oxygen atoms in total.